The second-order valence-corrected chi connectivity index (χ2v) is 5.59. The zero-order valence-electron chi connectivity index (χ0n) is 11.4. The third-order valence-electron chi connectivity index (χ3n) is 3.04. The first-order chi connectivity index (χ1) is 9.97. The Morgan fingerprint density at radius 2 is 1.71 bits per heavy atom. The second kappa shape index (κ2) is 6.54. The van der Waals surface area contributed by atoms with Gasteiger partial charge in [0.05, 0.1) is 5.56 Å². The zero-order valence-corrected chi connectivity index (χ0v) is 13.0. The molecule has 0 aliphatic carbocycles. The molecule has 0 heterocycles. The zero-order chi connectivity index (χ0) is 15.4. The summed E-state index contributed by atoms with van der Waals surface area (Å²) in [5, 5.41) is 8.96. The van der Waals surface area contributed by atoms with Crippen molar-refractivity contribution < 1.29 is 14.7 Å². The third kappa shape index (κ3) is 3.92. The van der Waals surface area contributed by atoms with E-state index in [1.165, 1.54) is 12.1 Å². The van der Waals surface area contributed by atoms with Crippen LogP contribution in [0.15, 0.2) is 53.0 Å². The first kappa shape index (κ1) is 15.3. The summed E-state index contributed by atoms with van der Waals surface area (Å²) in [6.45, 7) is 0.462. The average Bonchev–Trinajstić information content (AvgIpc) is 2.49. The number of hydrogen-bond donors (Lipinski definition) is 1. The first-order valence-electron chi connectivity index (χ1n) is 6.30. The number of carbonyl (C=O) groups is 2. The topological polar surface area (TPSA) is 57.6 Å². The summed E-state index contributed by atoms with van der Waals surface area (Å²) in [5.74, 6) is -1.25. The summed E-state index contributed by atoms with van der Waals surface area (Å²) in [5.41, 5.74) is 1.48. The van der Waals surface area contributed by atoms with Gasteiger partial charge in [0.15, 0.2) is 0 Å². The molecule has 2 rings (SSSR count). The second-order valence-electron chi connectivity index (χ2n) is 4.67. The molecule has 0 aromatic heterocycles. The van der Waals surface area contributed by atoms with Gasteiger partial charge in [-0.1, -0.05) is 34.1 Å². The number of halogens is 1. The van der Waals surface area contributed by atoms with E-state index in [-0.39, 0.29) is 11.5 Å². The Hall–Kier alpha value is -2.14. The molecule has 0 spiro atoms. The van der Waals surface area contributed by atoms with Gasteiger partial charge in [0, 0.05) is 23.6 Å². The molecular weight excluding hydrogens is 334 g/mol. The minimum Gasteiger partial charge on any atom is -0.478 e. The Kier molecular flexibility index (Phi) is 4.75. The van der Waals surface area contributed by atoms with E-state index in [4.69, 9.17) is 5.11 Å². The highest BCUT2D eigenvalue weighted by molar-refractivity contribution is 9.10. The Morgan fingerprint density at radius 1 is 1.10 bits per heavy atom. The lowest BCUT2D eigenvalue weighted by atomic mass is 10.1. The van der Waals surface area contributed by atoms with E-state index in [9.17, 15) is 9.59 Å². The number of carboxylic acid groups (broad SMARTS) is 1. The monoisotopic (exact) mass is 347 g/mol. The molecule has 2 aromatic rings. The van der Waals surface area contributed by atoms with Crippen molar-refractivity contribution in [3.8, 4) is 0 Å². The standard InChI is InChI=1S/C16H14BrNO3/c1-18(10-11-5-7-14(17)8-6-11)15(19)12-3-2-4-13(9-12)16(20)21/h2-9H,10H2,1H3,(H,20,21). The molecule has 2 aromatic carbocycles. The van der Waals surface area contributed by atoms with Crippen molar-refractivity contribution in [1.82, 2.24) is 4.90 Å². The Balaban J connectivity index is 2.13. The van der Waals surface area contributed by atoms with Gasteiger partial charge >= 0.3 is 5.97 Å². The smallest absolute Gasteiger partial charge is 0.335 e. The molecule has 0 atom stereocenters. The SMILES string of the molecule is CN(Cc1ccc(Br)cc1)C(=O)c1cccc(C(=O)O)c1. The average molecular weight is 348 g/mol. The van der Waals surface area contributed by atoms with Gasteiger partial charge in [-0.15, -0.1) is 0 Å². The van der Waals surface area contributed by atoms with Gasteiger partial charge in [-0.05, 0) is 35.9 Å². The summed E-state index contributed by atoms with van der Waals surface area (Å²) >= 11 is 3.36. The minimum absolute atomic E-state index is 0.109. The van der Waals surface area contributed by atoms with Crippen LogP contribution in [0, 0.1) is 0 Å². The van der Waals surface area contributed by atoms with Crippen LogP contribution in [0.3, 0.4) is 0 Å². The van der Waals surface area contributed by atoms with Crippen LogP contribution in [0.5, 0.6) is 0 Å². The Labute approximate surface area is 131 Å². The fourth-order valence-electron chi connectivity index (χ4n) is 1.94. The number of carboxylic acids is 1. The number of hydrogen-bond acceptors (Lipinski definition) is 2. The largest absolute Gasteiger partial charge is 0.478 e. The lowest BCUT2D eigenvalue weighted by molar-refractivity contribution is 0.0697. The van der Waals surface area contributed by atoms with E-state index >= 15 is 0 Å². The molecule has 5 heteroatoms. The molecular formula is C16H14BrNO3. The molecule has 0 saturated carbocycles. The molecule has 0 unspecified atom stereocenters. The van der Waals surface area contributed by atoms with Crippen LogP contribution in [-0.2, 0) is 6.54 Å². The number of carbonyl (C=O) groups excluding carboxylic acids is 1. The van der Waals surface area contributed by atoms with E-state index in [0.717, 1.165) is 10.0 Å². The van der Waals surface area contributed by atoms with Gasteiger partial charge < -0.3 is 10.0 Å². The maximum atomic E-state index is 12.3. The summed E-state index contributed by atoms with van der Waals surface area (Å²) in [6.07, 6.45) is 0. The predicted molar refractivity (Wildman–Crippen MR) is 83.3 cm³/mol. The van der Waals surface area contributed by atoms with Crippen molar-refractivity contribution in [1.29, 1.82) is 0 Å². The highest BCUT2D eigenvalue weighted by Crippen LogP contribution is 2.14. The van der Waals surface area contributed by atoms with Gasteiger partial charge in [0.2, 0.25) is 0 Å². The number of aromatic carboxylic acids is 1. The molecule has 1 N–H and O–H groups in total. The molecule has 0 fully saturated rings. The summed E-state index contributed by atoms with van der Waals surface area (Å²) in [4.78, 5) is 24.8. The van der Waals surface area contributed by atoms with E-state index in [2.05, 4.69) is 15.9 Å². The molecule has 108 valence electrons. The van der Waals surface area contributed by atoms with Crippen molar-refractivity contribution in [2.24, 2.45) is 0 Å². The number of nitrogens with zero attached hydrogens (tertiary/aromatic N) is 1. The Morgan fingerprint density at radius 3 is 2.33 bits per heavy atom. The van der Waals surface area contributed by atoms with Crippen LogP contribution in [-0.4, -0.2) is 28.9 Å². The van der Waals surface area contributed by atoms with E-state index in [1.807, 2.05) is 24.3 Å². The van der Waals surface area contributed by atoms with Crippen molar-refractivity contribution in [2.45, 2.75) is 6.54 Å². The van der Waals surface area contributed by atoms with Crippen LogP contribution < -0.4 is 0 Å². The van der Waals surface area contributed by atoms with Gasteiger partial charge in [-0.2, -0.15) is 0 Å². The minimum atomic E-state index is -1.04. The van der Waals surface area contributed by atoms with Crippen molar-refractivity contribution >= 4 is 27.8 Å². The lowest BCUT2D eigenvalue weighted by Crippen LogP contribution is -2.26. The van der Waals surface area contributed by atoms with Gasteiger partial charge in [-0.3, -0.25) is 4.79 Å². The lowest BCUT2D eigenvalue weighted by Gasteiger charge is -2.17. The molecule has 0 radical (unpaired) electrons. The predicted octanol–water partition coefficient (Wildman–Crippen LogP) is 3.42. The maximum absolute atomic E-state index is 12.3. The van der Waals surface area contributed by atoms with Gasteiger partial charge in [0.1, 0.15) is 0 Å². The van der Waals surface area contributed by atoms with Crippen LogP contribution in [0.4, 0.5) is 0 Å². The number of rotatable bonds is 4. The normalized spacial score (nSPS) is 10.2. The van der Waals surface area contributed by atoms with E-state index in [1.54, 1.807) is 24.1 Å². The fourth-order valence-corrected chi connectivity index (χ4v) is 2.21. The van der Waals surface area contributed by atoms with Gasteiger partial charge in [-0.25, -0.2) is 4.79 Å². The molecule has 1 amide bonds. The van der Waals surface area contributed by atoms with E-state index < -0.39 is 5.97 Å². The number of amides is 1. The highest BCUT2D eigenvalue weighted by atomic mass is 79.9. The quantitative estimate of drug-likeness (QED) is 0.921. The summed E-state index contributed by atoms with van der Waals surface area (Å²) < 4.78 is 0.981. The number of benzene rings is 2. The fraction of sp³-hybridized carbons (Fsp3) is 0.125. The Bertz CT molecular complexity index is 667. The van der Waals surface area contributed by atoms with Gasteiger partial charge in [0.25, 0.3) is 5.91 Å². The third-order valence-corrected chi connectivity index (χ3v) is 3.56. The van der Waals surface area contributed by atoms with Crippen LogP contribution in [0.1, 0.15) is 26.3 Å². The molecule has 0 saturated heterocycles. The summed E-state index contributed by atoms with van der Waals surface area (Å²) in [7, 11) is 1.69. The van der Waals surface area contributed by atoms with Crippen molar-refractivity contribution in [3.05, 3.63) is 69.7 Å². The van der Waals surface area contributed by atoms with E-state index in [0.29, 0.717) is 12.1 Å². The molecule has 0 bridgehead atoms. The molecule has 0 aliphatic heterocycles. The molecule has 0 aliphatic rings. The maximum Gasteiger partial charge on any atom is 0.335 e. The van der Waals surface area contributed by atoms with Crippen molar-refractivity contribution in [3.63, 3.8) is 0 Å². The van der Waals surface area contributed by atoms with Crippen LogP contribution in [0.25, 0.3) is 0 Å². The van der Waals surface area contributed by atoms with Crippen LogP contribution >= 0.6 is 15.9 Å². The van der Waals surface area contributed by atoms with Crippen LogP contribution in [0.2, 0.25) is 0 Å². The first-order valence-corrected chi connectivity index (χ1v) is 7.10. The summed E-state index contributed by atoms with van der Waals surface area (Å²) in [6, 6.07) is 13.7. The molecule has 21 heavy (non-hydrogen) atoms. The van der Waals surface area contributed by atoms with Crippen molar-refractivity contribution in [2.75, 3.05) is 7.05 Å². The highest BCUT2D eigenvalue weighted by Gasteiger charge is 2.14. The molecule has 4 nitrogen and oxygen atoms in total.